The van der Waals surface area contributed by atoms with Gasteiger partial charge in [-0.1, -0.05) is 35.5 Å². The van der Waals surface area contributed by atoms with Gasteiger partial charge in [-0.25, -0.2) is 13.1 Å². The number of nitrogens with one attached hydrogen (secondary N) is 1. The molecule has 2 heterocycles. The van der Waals surface area contributed by atoms with Gasteiger partial charge < -0.3 is 9.42 Å². The van der Waals surface area contributed by atoms with E-state index in [0.29, 0.717) is 25.2 Å². The second-order valence-corrected chi connectivity index (χ2v) is 8.35. The summed E-state index contributed by atoms with van der Waals surface area (Å²) in [6, 6.07) is 10.00. The molecule has 140 valence electrons. The van der Waals surface area contributed by atoms with Crippen molar-refractivity contribution in [2.75, 3.05) is 19.6 Å². The number of hydrogen-bond donors (Lipinski definition) is 1. The number of aromatic nitrogens is 1. The lowest BCUT2D eigenvalue weighted by atomic mass is 10.1. The van der Waals surface area contributed by atoms with Gasteiger partial charge in [0.25, 0.3) is 0 Å². The highest BCUT2D eigenvalue weighted by molar-refractivity contribution is 7.89. The van der Waals surface area contributed by atoms with E-state index in [2.05, 4.69) is 9.88 Å². The van der Waals surface area contributed by atoms with Crippen LogP contribution in [0.1, 0.15) is 23.4 Å². The maximum Gasteiger partial charge on any atom is 0.245 e. The molecule has 1 unspecified atom stereocenters. The highest BCUT2D eigenvalue weighted by atomic mass is 32.2. The fourth-order valence-corrected chi connectivity index (χ4v) is 4.71. The first-order chi connectivity index (χ1) is 12.4. The zero-order valence-electron chi connectivity index (χ0n) is 14.9. The molecule has 0 spiro atoms. The quantitative estimate of drug-likeness (QED) is 0.792. The molecule has 0 radical (unpaired) electrons. The van der Waals surface area contributed by atoms with E-state index in [1.165, 1.54) is 5.56 Å². The second-order valence-electron chi connectivity index (χ2n) is 6.65. The third kappa shape index (κ3) is 4.13. The van der Waals surface area contributed by atoms with E-state index in [0.717, 1.165) is 6.42 Å². The first kappa shape index (κ1) is 18.6. The molecule has 1 amide bonds. The van der Waals surface area contributed by atoms with E-state index in [-0.39, 0.29) is 29.0 Å². The topological polar surface area (TPSA) is 92.5 Å². The van der Waals surface area contributed by atoms with Crippen LogP contribution in [0.25, 0.3) is 0 Å². The number of sulfonamides is 1. The minimum absolute atomic E-state index is 0.0338. The van der Waals surface area contributed by atoms with Gasteiger partial charge in [0.05, 0.1) is 0 Å². The zero-order chi connectivity index (χ0) is 18.7. The van der Waals surface area contributed by atoms with E-state index in [1.807, 2.05) is 35.2 Å². The smallest absolute Gasteiger partial charge is 0.245 e. The number of nitrogens with zero attached hydrogens (tertiary/aromatic N) is 2. The molecule has 26 heavy (non-hydrogen) atoms. The average molecular weight is 377 g/mol. The lowest BCUT2D eigenvalue weighted by molar-refractivity contribution is -0.127. The van der Waals surface area contributed by atoms with Crippen molar-refractivity contribution in [2.45, 2.75) is 31.6 Å². The Morgan fingerprint density at radius 2 is 2.00 bits per heavy atom. The molecule has 1 aromatic carbocycles. The molecule has 1 saturated heterocycles. The van der Waals surface area contributed by atoms with Gasteiger partial charge in [-0.15, -0.1) is 0 Å². The molecule has 1 fully saturated rings. The number of hydrogen-bond acceptors (Lipinski definition) is 5. The van der Waals surface area contributed by atoms with Crippen molar-refractivity contribution in [1.29, 1.82) is 0 Å². The van der Waals surface area contributed by atoms with Crippen LogP contribution in [0.2, 0.25) is 0 Å². The summed E-state index contributed by atoms with van der Waals surface area (Å²) in [6.07, 6.45) is 1.16. The summed E-state index contributed by atoms with van der Waals surface area (Å²) in [6.45, 7) is 4.60. The number of carbonyl (C=O) groups excluding carboxylic acids is 1. The minimum Gasteiger partial charge on any atom is -0.360 e. The van der Waals surface area contributed by atoms with Gasteiger partial charge in [0.2, 0.25) is 15.9 Å². The molecule has 0 saturated carbocycles. The fourth-order valence-electron chi connectivity index (χ4n) is 3.27. The van der Waals surface area contributed by atoms with Crippen molar-refractivity contribution in [3.8, 4) is 0 Å². The summed E-state index contributed by atoms with van der Waals surface area (Å²) < 4.78 is 32.4. The van der Waals surface area contributed by atoms with Crippen LogP contribution in [0.4, 0.5) is 0 Å². The van der Waals surface area contributed by atoms with Crippen molar-refractivity contribution < 1.29 is 17.7 Å². The Hall–Kier alpha value is -2.19. The summed E-state index contributed by atoms with van der Waals surface area (Å²) in [5.74, 6) is 0.304. The molecule has 2 aromatic rings. The number of likely N-dealkylation sites (tertiary alicyclic amines) is 1. The van der Waals surface area contributed by atoms with Crippen LogP contribution in [-0.2, 0) is 21.2 Å². The van der Waals surface area contributed by atoms with Crippen LogP contribution in [0.5, 0.6) is 0 Å². The molecule has 1 aliphatic heterocycles. The van der Waals surface area contributed by atoms with Crippen LogP contribution in [0, 0.1) is 19.8 Å². The van der Waals surface area contributed by atoms with Gasteiger partial charge in [-0.3, -0.25) is 4.79 Å². The van der Waals surface area contributed by atoms with Crippen molar-refractivity contribution in [3.05, 3.63) is 47.3 Å². The normalized spacial score (nSPS) is 17.8. The molecule has 0 aliphatic carbocycles. The standard InChI is InChI=1S/C18H23N3O4S/c1-13-18(14(2)25-20-13)26(23,24)19-11-16-10-17(22)21(12-16)9-8-15-6-4-3-5-7-15/h3-7,16,19H,8-12H2,1-2H3. The fraction of sp³-hybridized carbons (Fsp3) is 0.444. The van der Waals surface area contributed by atoms with Gasteiger partial charge in [0.1, 0.15) is 10.6 Å². The van der Waals surface area contributed by atoms with Gasteiger partial charge in [0.15, 0.2) is 5.76 Å². The van der Waals surface area contributed by atoms with Gasteiger partial charge >= 0.3 is 0 Å². The Balaban J connectivity index is 1.54. The molecular formula is C18H23N3O4S. The SMILES string of the molecule is Cc1noc(C)c1S(=O)(=O)NCC1CC(=O)N(CCc2ccccc2)C1. The van der Waals surface area contributed by atoms with E-state index in [9.17, 15) is 13.2 Å². The van der Waals surface area contributed by atoms with Crippen LogP contribution in [0.3, 0.4) is 0 Å². The lowest BCUT2D eigenvalue weighted by Gasteiger charge is -2.17. The molecule has 1 N–H and O–H groups in total. The van der Waals surface area contributed by atoms with Crippen molar-refractivity contribution in [1.82, 2.24) is 14.8 Å². The first-order valence-electron chi connectivity index (χ1n) is 8.61. The summed E-state index contributed by atoms with van der Waals surface area (Å²) in [5.41, 5.74) is 1.52. The number of carbonyl (C=O) groups is 1. The predicted molar refractivity (Wildman–Crippen MR) is 96.0 cm³/mol. The molecule has 8 heteroatoms. The Morgan fingerprint density at radius 1 is 1.27 bits per heavy atom. The first-order valence-corrected chi connectivity index (χ1v) is 10.1. The second kappa shape index (κ2) is 7.59. The van der Waals surface area contributed by atoms with Crippen LogP contribution < -0.4 is 4.72 Å². The van der Waals surface area contributed by atoms with Crippen molar-refractivity contribution in [2.24, 2.45) is 5.92 Å². The molecule has 1 atom stereocenters. The number of rotatable bonds is 7. The molecule has 3 rings (SSSR count). The maximum atomic E-state index is 12.5. The Labute approximate surface area is 153 Å². The van der Waals surface area contributed by atoms with Crippen molar-refractivity contribution >= 4 is 15.9 Å². The predicted octanol–water partition coefficient (Wildman–Crippen LogP) is 1.66. The summed E-state index contributed by atoms with van der Waals surface area (Å²) >= 11 is 0. The number of aryl methyl sites for hydroxylation is 2. The largest absolute Gasteiger partial charge is 0.360 e. The van der Waals surface area contributed by atoms with E-state index in [1.54, 1.807) is 13.8 Å². The number of benzene rings is 1. The Kier molecular flexibility index (Phi) is 5.43. The van der Waals surface area contributed by atoms with Crippen LogP contribution >= 0.6 is 0 Å². The Bertz CT molecular complexity index is 858. The van der Waals surface area contributed by atoms with E-state index < -0.39 is 10.0 Å². The summed E-state index contributed by atoms with van der Waals surface area (Å²) in [5, 5.41) is 3.68. The lowest BCUT2D eigenvalue weighted by Crippen LogP contribution is -2.32. The molecule has 7 nitrogen and oxygen atoms in total. The van der Waals surface area contributed by atoms with Gasteiger partial charge in [-0.2, -0.15) is 0 Å². The van der Waals surface area contributed by atoms with Gasteiger partial charge in [0, 0.05) is 26.1 Å². The third-order valence-corrected chi connectivity index (χ3v) is 6.27. The third-order valence-electron chi connectivity index (χ3n) is 4.61. The molecule has 0 bridgehead atoms. The molecule has 1 aliphatic rings. The number of amides is 1. The summed E-state index contributed by atoms with van der Waals surface area (Å²) in [7, 11) is -3.69. The Morgan fingerprint density at radius 3 is 2.65 bits per heavy atom. The van der Waals surface area contributed by atoms with Gasteiger partial charge in [-0.05, 0) is 31.7 Å². The van der Waals surface area contributed by atoms with E-state index >= 15 is 0 Å². The average Bonchev–Trinajstić information content (AvgIpc) is 3.14. The molecular weight excluding hydrogens is 354 g/mol. The molecule has 1 aromatic heterocycles. The maximum absolute atomic E-state index is 12.5. The highest BCUT2D eigenvalue weighted by Crippen LogP contribution is 2.21. The van der Waals surface area contributed by atoms with Crippen LogP contribution in [-0.4, -0.2) is 44.0 Å². The minimum atomic E-state index is -3.69. The summed E-state index contributed by atoms with van der Waals surface area (Å²) in [4.78, 5) is 14.1. The van der Waals surface area contributed by atoms with E-state index in [4.69, 9.17) is 4.52 Å². The van der Waals surface area contributed by atoms with Crippen LogP contribution in [0.15, 0.2) is 39.8 Å². The highest BCUT2D eigenvalue weighted by Gasteiger charge is 2.31. The monoisotopic (exact) mass is 377 g/mol. The van der Waals surface area contributed by atoms with Crippen molar-refractivity contribution in [3.63, 3.8) is 0 Å². The zero-order valence-corrected chi connectivity index (χ0v) is 15.8.